The monoisotopic (exact) mass is 514 g/mol. The molecule has 29 heavy (non-hydrogen) atoms. The summed E-state index contributed by atoms with van der Waals surface area (Å²) in [6, 6.07) is 13.2. The maximum Gasteiger partial charge on any atom is 0.573 e. The summed E-state index contributed by atoms with van der Waals surface area (Å²) in [5.74, 6) is 0.308. The first-order valence-electron chi connectivity index (χ1n) is 8.47. The van der Waals surface area contributed by atoms with E-state index in [2.05, 4.69) is 19.9 Å². The van der Waals surface area contributed by atoms with E-state index in [0.717, 1.165) is 16.5 Å². The van der Waals surface area contributed by atoms with Crippen LogP contribution >= 0.6 is 21.0 Å². The highest BCUT2D eigenvalue weighted by Gasteiger charge is 2.31. The molecule has 0 saturated heterocycles. The second kappa shape index (κ2) is 7.93. The zero-order valence-electron chi connectivity index (χ0n) is 14.7. The summed E-state index contributed by atoms with van der Waals surface area (Å²) in [4.78, 5) is 7.59. The van der Waals surface area contributed by atoms with Gasteiger partial charge in [-0.3, -0.25) is 3.56 Å². The minimum Gasteiger partial charge on any atom is -0.406 e. The second-order valence-electron chi connectivity index (χ2n) is 6.17. The predicted octanol–water partition coefficient (Wildman–Crippen LogP) is 6.13. The van der Waals surface area contributed by atoms with Gasteiger partial charge in [0, 0.05) is 22.7 Å². The Labute approximate surface area is 173 Å². The van der Waals surface area contributed by atoms with Gasteiger partial charge in [0.2, 0.25) is 11.7 Å². The van der Waals surface area contributed by atoms with E-state index in [-0.39, 0.29) is 15.5 Å². The first-order valence-corrected chi connectivity index (χ1v) is 10.8. The number of hydrogen-bond acceptors (Lipinski definition) is 5. The number of aromatic amines is 1. The van der Waals surface area contributed by atoms with Crippen LogP contribution in [-0.4, -0.2) is 21.5 Å². The quantitative estimate of drug-likeness (QED) is 0.239. The van der Waals surface area contributed by atoms with Gasteiger partial charge in [-0.15, -0.1) is 13.2 Å². The Kier molecular flexibility index (Phi) is 5.35. The lowest BCUT2D eigenvalue weighted by molar-refractivity contribution is -0.274. The Morgan fingerprint density at radius 1 is 1.14 bits per heavy atom. The summed E-state index contributed by atoms with van der Waals surface area (Å²) in [7, 11) is 0. The third-order valence-electron chi connectivity index (χ3n) is 4.26. The first kappa shape index (κ1) is 19.6. The van der Waals surface area contributed by atoms with Crippen LogP contribution in [0, 0.1) is 3.56 Å². The van der Waals surface area contributed by atoms with E-state index in [1.165, 1.54) is 24.3 Å². The van der Waals surface area contributed by atoms with Crippen molar-refractivity contribution in [3.63, 3.8) is 0 Å². The molecule has 2 N–H and O–H groups in total. The molecule has 6 nitrogen and oxygen atoms in total. The number of nitrogens with zero attached hydrogens (tertiary/aromatic N) is 2. The van der Waals surface area contributed by atoms with E-state index in [1.54, 1.807) is 0 Å². The lowest BCUT2D eigenvalue weighted by Gasteiger charge is -2.08. The van der Waals surface area contributed by atoms with Gasteiger partial charge in [-0.1, -0.05) is 23.4 Å². The van der Waals surface area contributed by atoms with E-state index >= 15 is 0 Å². The number of fused-ring (bicyclic) bond motifs is 1. The molecule has 0 aliphatic carbocycles. The molecule has 0 aliphatic rings. The maximum atomic E-state index is 12.3. The maximum absolute atomic E-state index is 12.3. The summed E-state index contributed by atoms with van der Waals surface area (Å²) in [6.45, 7) is 0. The molecule has 0 spiro atoms. The summed E-state index contributed by atoms with van der Waals surface area (Å²) in [6.07, 6.45) is -2.22. The third kappa shape index (κ3) is 4.47. The number of alkyl halides is 4. The number of rotatable bonds is 6. The number of halogens is 4. The van der Waals surface area contributed by atoms with E-state index in [1.807, 2.05) is 30.5 Å². The van der Waals surface area contributed by atoms with Gasteiger partial charge in [0.25, 0.3) is 0 Å². The molecule has 0 saturated carbocycles. The topological polar surface area (TPSA) is 87.8 Å². The van der Waals surface area contributed by atoms with Crippen molar-refractivity contribution >= 4 is 31.9 Å². The minimum atomic E-state index is -4.74. The Morgan fingerprint density at radius 3 is 2.62 bits per heavy atom. The molecule has 0 aliphatic heterocycles. The average molecular weight is 514 g/mol. The largest absolute Gasteiger partial charge is 0.573 e. The van der Waals surface area contributed by atoms with Crippen LogP contribution in [0.3, 0.4) is 0 Å². The molecule has 2 aromatic heterocycles. The lowest BCUT2D eigenvalue weighted by Crippen LogP contribution is -2.16. The van der Waals surface area contributed by atoms with Crippen molar-refractivity contribution in [2.45, 2.75) is 16.7 Å². The number of aromatic nitrogens is 3. The van der Waals surface area contributed by atoms with Gasteiger partial charge in [-0.05, 0) is 63.3 Å². The summed E-state index contributed by atoms with van der Waals surface area (Å²) in [5.41, 5.74) is 2.60. The molecule has 0 amide bonds. The van der Waals surface area contributed by atoms with Crippen LogP contribution in [0.5, 0.6) is 5.75 Å². The second-order valence-corrected chi connectivity index (χ2v) is 8.30. The molecule has 4 aromatic rings. The number of nitrogens with one attached hydrogen (secondary N) is 2. The van der Waals surface area contributed by atoms with Gasteiger partial charge >= 0.3 is 6.36 Å². The molecule has 150 valence electrons. The molecule has 2 aromatic carbocycles. The summed E-state index contributed by atoms with van der Waals surface area (Å²) >= 11 is -0.984. The van der Waals surface area contributed by atoms with Crippen molar-refractivity contribution in [1.29, 1.82) is 3.56 Å². The summed E-state index contributed by atoms with van der Waals surface area (Å²) < 4.78 is 53.8. The van der Waals surface area contributed by atoms with E-state index < -0.39 is 27.4 Å². The van der Waals surface area contributed by atoms with Crippen LogP contribution in [0.25, 0.3) is 22.3 Å². The molecular weight excluding hydrogens is 500 g/mol. The SMILES string of the molecule is N=IC(Cc1c[nH]c2ccccc12)c1nc(-c2ccc(OC(F)(F)F)cc2)no1. The third-order valence-corrected chi connectivity index (χ3v) is 5.99. The van der Waals surface area contributed by atoms with Crippen molar-refractivity contribution in [3.8, 4) is 17.1 Å². The van der Waals surface area contributed by atoms with Crippen LogP contribution in [0.15, 0.2) is 59.3 Å². The number of hydrogen-bond donors (Lipinski definition) is 2. The van der Waals surface area contributed by atoms with Crippen molar-refractivity contribution in [2.24, 2.45) is 0 Å². The fourth-order valence-electron chi connectivity index (χ4n) is 2.95. The van der Waals surface area contributed by atoms with Gasteiger partial charge in [-0.2, -0.15) is 4.98 Å². The standard InChI is InChI=1S/C19H14F3IN4O2/c20-19(21,22)28-13-7-5-11(6-8-13)17-26-18(29-27-17)15(23-24)9-12-10-25-16-4-2-1-3-14(12)16/h1-8,10,15,24-25H,9H2. The fraction of sp³-hybridized carbons (Fsp3) is 0.158. The lowest BCUT2D eigenvalue weighted by atomic mass is 10.1. The van der Waals surface area contributed by atoms with Gasteiger partial charge in [0.15, 0.2) is 0 Å². The van der Waals surface area contributed by atoms with Crippen LogP contribution < -0.4 is 4.74 Å². The zero-order valence-corrected chi connectivity index (χ0v) is 16.9. The number of benzene rings is 2. The highest BCUT2D eigenvalue weighted by atomic mass is 127. The minimum absolute atomic E-state index is 0.193. The van der Waals surface area contributed by atoms with Crippen LogP contribution in [0.1, 0.15) is 15.4 Å². The molecule has 1 atom stereocenters. The number of H-pyrrole nitrogens is 1. The smallest absolute Gasteiger partial charge is 0.406 e. The fourth-order valence-corrected chi connectivity index (χ4v) is 4.17. The van der Waals surface area contributed by atoms with Crippen molar-refractivity contribution < 1.29 is 22.4 Å². The van der Waals surface area contributed by atoms with Crippen LogP contribution in [0.4, 0.5) is 13.2 Å². The van der Waals surface area contributed by atoms with Crippen molar-refractivity contribution in [2.75, 3.05) is 0 Å². The van der Waals surface area contributed by atoms with E-state index in [9.17, 15) is 13.2 Å². The molecule has 4 rings (SSSR count). The normalized spacial score (nSPS) is 12.9. The highest BCUT2D eigenvalue weighted by Crippen LogP contribution is 2.34. The molecule has 1 unspecified atom stereocenters. The Hall–Kier alpha value is -2.76. The molecule has 0 radical (unpaired) electrons. The van der Waals surface area contributed by atoms with Crippen LogP contribution in [0.2, 0.25) is 0 Å². The Bertz CT molecular complexity index is 1140. The van der Waals surface area contributed by atoms with Crippen molar-refractivity contribution in [1.82, 2.24) is 15.1 Å². The molecular formula is C19H14F3IN4O2. The van der Waals surface area contributed by atoms with Gasteiger partial charge < -0.3 is 14.2 Å². The molecule has 2 heterocycles. The van der Waals surface area contributed by atoms with E-state index in [4.69, 9.17) is 8.09 Å². The number of ether oxygens (including phenoxy) is 1. The first-order chi connectivity index (χ1) is 13.9. The molecule has 0 fully saturated rings. The van der Waals surface area contributed by atoms with E-state index in [0.29, 0.717) is 17.9 Å². The predicted molar refractivity (Wildman–Crippen MR) is 108 cm³/mol. The Morgan fingerprint density at radius 2 is 1.90 bits per heavy atom. The van der Waals surface area contributed by atoms with Gasteiger partial charge in [0.05, 0.1) is 0 Å². The zero-order chi connectivity index (χ0) is 20.4. The number of para-hydroxylation sites is 1. The van der Waals surface area contributed by atoms with Crippen LogP contribution in [-0.2, 0) is 6.42 Å². The van der Waals surface area contributed by atoms with Gasteiger partial charge in [-0.25, -0.2) is 0 Å². The molecule has 0 bridgehead atoms. The summed E-state index contributed by atoms with van der Waals surface area (Å²) in [5, 5.41) is 5.02. The molecule has 10 heteroatoms. The Balaban J connectivity index is 1.53. The average Bonchev–Trinajstić information content (AvgIpc) is 3.33. The van der Waals surface area contributed by atoms with Crippen molar-refractivity contribution in [3.05, 3.63) is 66.2 Å². The van der Waals surface area contributed by atoms with Gasteiger partial charge in [0.1, 0.15) is 9.67 Å². The highest BCUT2D eigenvalue weighted by molar-refractivity contribution is 14.1.